The predicted octanol–water partition coefficient (Wildman–Crippen LogP) is 2.19. The van der Waals surface area contributed by atoms with Crippen LogP contribution in [0.4, 0.5) is 0 Å². The summed E-state index contributed by atoms with van der Waals surface area (Å²) in [6.45, 7) is 2.57. The maximum Gasteiger partial charge on any atom is 0.260 e. The highest BCUT2D eigenvalue weighted by molar-refractivity contribution is 7.89. The molecule has 1 saturated carbocycles. The Morgan fingerprint density at radius 3 is 2.48 bits per heavy atom. The molecule has 1 aromatic heterocycles. The van der Waals surface area contributed by atoms with Crippen LogP contribution in [0.25, 0.3) is 0 Å². The van der Waals surface area contributed by atoms with E-state index in [1.165, 1.54) is 12.5 Å². The van der Waals surface area contributed by atoms with Gasteiger partial charge >= 0.3 is 0 Å². The van der Waals surface area contributed by atoms with Crippen LogP contribution in [0.15, 0.2) is 17.6 Å². The molecule has 1 aliphatic carbocycles. The van der Waals surface area contributed by atoms with Crippen molar-refractivity contribution in [1.29, 1.82) is 5.26 Å². The van der Waals surface area contributed by atoms with E-state index in [0.717, 1.165) is 32.1 Å². The van der Waals surface area contributed by atoms with Crippen LogP contribution in [-0.4, -0.2) is 23.5 Å². The lowest BCUT2D eigenvalue weighted by atomic mass is 9.86. The first-order valence-electron chi connectivity index (χ1n) is 7.48. The number of aryl methyl sites for hydroxylation is 1. The minimum absolute atomic E-state index is 0.0129. The van der Waals surface area contributed by atoms with E-state index >= 15 is 0 Å². The number of rotatable bonds is 4. The minimum atomic E-state index is -3.75. The van der Waals surface area contributed by atoms with Gasteiger partial charge in [0.2, 0.25) is 0 Å². The summed E-state index contributed by atoms with van der Waals surface area (Å²) in [7, 11) is -3.75. The standard InChI is InChI=1S/C14H22N4O2S/c1-2-18-10-13(16-12-18)21(19,20)17-14(11-15)8-6-4-3-5-7-9-14/h10,12,17H,2-9H2,1H3. The van der Waals surface area contributed by atoms with Gasteiger partial charge in [-0.15, -0.1) is 0 Å². The van der Waals surface area contributed by atoms with E-state index in [1.807, 2.05) is 6.92 Å². The number of imidazole rings is 1. The van der Waals surface area contributed by atoms with Crippen LogP contribution in [-0.2, 0) is 16.6 Å². The number of nitrogens with one attached hydrogen (secondary N) is 1. The maximum atomic E-state index is 12.5. The second-order valence-electron chi connectivity index (χ2n) is 5.61. The first kappa shape index (κ1) is 16.0. The fraction of sp³-hybridized carbons (Fsp3) is 0.714. The number of nitriles is 1. The van der Waals surface area contributed by atoms with Gasteiger partial charge < -0.3 is 4.57 Å². The quantitative estimate of drug-likeness (QED) is 0.923. The van der Waals surface area contributed by atoms with Gasteiger partial charge in [-0.05, 0) is 19.8 Å². The lowest BCUT2D eigenvalue weighted by Gasteiger charge is -2.28. The topological polar surface area (TPSA) is 87.8 Å². The molecule has 21 heavy (non-hydrogen) atoms. The SMILES string of the molecule is CCn1cnc(S(=O)(=O)NC2(C#N)CCCCCCC2)c1. The molecule has 0 unspecified atom stereocenters. The van der Waals surface area contributed by atoms with Gasteiger partial charge in [-0.25, -0.2) is 13.4 Å². The van der Waals surface area contributed by atoms with Crippen LogP contribution in [0.5, 0.6) is 0 Å². The van der Waals surface area contributed by atoms with Crippen LogP contribution in [0, 0.1) is 11.3 Å². The van der Waals surface area contributed by atoms with Gasteiger partial charge in [0.25, 0.3) is 10.0 Å². The van der Waals surface area contributed by atoms with E-state index in [0.29, 0.717) is 19.4 Å². The van der Waals surface area contributed by atoms with E-state index in [4.69, 9.17) is 0 Å². The average molecular weight is 310 g/mol. The number of nitrogens with zero attached hydrogens (tertiary/aromatic N) is 3. The van der Waals surface area contributed by atoms with Crippen molar-refractivity contribution in [1.82, 2.24) is 14.3 Å². The summed E-state index contributed by atoms with van der Waals surface area (Å²) in [5.74, 6) is 0. The van der Waals surface area contributed by atoms with Gasteiger partial charge in [0, 0.05) is 12.7 Å². The van der Waals surface area contributed by atoms with Crippen molar-refractivity contribution in [3.63, 3.8) is 0 Å². The number of aromatic nitrogens is 2. The fourth-order valence-electron chi connectivity index (χ4n) is 2.71. The molecule has 1 heterocycles. The molecule has 0 aromatic carbocycles. The Bertz CT molecular complexity index is 607. The molecule has 1 N–H and O–H groups in total. The fourth-order valence-corrected chi connectivity index (χ4v) is 4.04. The van der Waals surface area contributed by atoms with Gasteiger partial charge in [-0.2, -0.15) is 9.98 Å². The first-order valence-corrected chi connectivity index (χ1v) is 8.97. The minimum Gasteiger partial charge on any atom is -0.336 e. The normalized spacial score (nSPS) is 19.4. The molecule has 2 rings (SSSR count). The molecule has 0 atom stereocenters. The third-order valence-electron chi connectivity index (χ3n) is 4.00. The van der Waals surface area contributed by atoms with Crippen LogP contribution < -0.4 is 4.72 Å². The zero-order valence-electron chi connectivity index (χ0n) is 12.4. The van der Waals surface area contributed by atoms with Crippen molar-refractivity contribution in [3.8, 4) is 6.07 Å². The molecule has 6 nitrogen and oxygen atoms in total. The van der Waals surface area contributed by atoms with Crippen LogP contribution in [0.2, 0.25) is 0 Å². The highest BCUT2D eigenvalue weighted by Gasteiger charge is 2.36. The highest BCUT2D eigenvalue weighted by atomic mass is 32.2. The second kappa shape index (κ2) is 6.58. The van der Waals surface area contributed by atoms with E-state index < -0.39 is 15.6 Å². The molecular weight excluding hydrogens is 288 g/mol. The van der Waals surface area contributed by atoms with Gasteiger partial charge in [-0.1, -0.05) is 32.1 Å². The molecule has 0 amide bonds. The molecular formula is C14H22N4O2S. The molecule has 116 valence electrons. The smallest absolute Gasteiger partial charge is 0.260 e. The molecule has 0 saturated heterocycles. The van der Waals surface area contributed by atoms with E-state index in [2.05, 4.69) is 15.8 Å². The summed E-state index contributed by atoms with van der Waals surface area (Å²) in [5.41, 5.74) is -0.991. The number of hydrogen-bond acceptors (Lipinski definition) is 4. The highest BCUT2D eigenvalue weighted by Crippen LogP contribution is 2.27. The van der Waals surface area contributed by atoms with Crippen molar-refractivity contribution < 1.29 is 8.42 Å². The summed E-state index contributed by atoms with van der Waals surface area (Å²) in [4.78, 5) is 3.93. The Hall–Kier alpha value is -1.39. The summed E-state index contributed by atoms with van der Waals surface area (Å²) < 4.78 is 29.2. The molecule has 0 bridgehead atoms. The van der Waals surface area contributed by atoms with E-state index in [9.17, 15) is 13.7 Å². The Labute approximate surface area is 126 Å². The zero-order valence-corrected chi connectivity index (χ0v) is 13.2. The molecule has 1 aliphatic rings. The summed E-state index contributed by atoms with van der Waals surface area (Å²) in [6, 6.07) is 2.21. The van der Waals surface area contributed by atoms with Crippen molar-refractivity contribution in [2.75, 3.05) is 0 Å². The van der Waals surface area contributed by atoms with Crippen LogP contribution in [0.1, 0.15) is 51.9 Å². The largest absolute Gasteiger partial charge is 0.336 e. The Morgan fingerprint density at radius 1 is 1.33 bits per heavy atom. The number of hydrogen-bond donors (Lipinski definition) is 1. The summed E-state index contributed by atoms with van der Waals surface area (Å²) in [5, 5.41) is 9.50. The van der Waals surface area contributed by atoms with Crippen molar-refractivity contribution in [2.45, 2.75) is 69.0 Å². The van der Waals surface area contributed by atoms with Crippen molar-refractivity contribution >= 4 is 10.0 Å². The second-order valence-corrected chi connectivity index (χ2v) is 7.24. The van der Waals surface area contributed by atoms with Crippen molar-refractivity contribution in [2.24, 2.45) is 0 Å². The lowest BCUT2D eigenvalue weighted by Crippen LogP contribution is -2.47. The molecule has 7 heteroatoms. The molecule has 0 radical (unpaired) electrons. The van der Waals surface area contributed by atoms with Crippen molar-refractivity contribution in [3.05, 3.63) is 12.5 Å². The third kappa shape index (κ3) is 3.83. The van der Waals surface area contributed by atoms with Gasteiger partial charge in [0.05, 0.1) is 12.4 Å². The number of sulfonamides is 1. The first-order chi connectivity index (χ1) is 10.0. The third-order valence-corrected chi connectivity index (χ3v) is 5.42. The molecule has 1 aromatic rings. The average Bonchev–Trinajstić information content (AvgIpc) is 2.92. The van der Waals surface area contributed by atoms with Crippen LogP contribution >= 0.6 is 0 Å². The molecule has 1 fully saturated rings. The van der Waals surface area contributed by atoms with Gasteiger partial charge in [0.1, 0.15) is 5.54 Å². The van der Waals surface area contributed by atoms with Crippen LogP contribution in [0.3, 0.4) is 0 Å². The van der Waals surface area contributed by atoms with Gasteiger partial charge in [-0.3, -0.25) is 0 Å². The Morgan fingerprint density at radius 2 is 1.95 bits per heavy atom. The Balaban J connectivity index is 2.21. The monoisotopic (exact) mass is 310 g/mol. The summed E-state index contributed by atoms with van der Waals surface area (Å²) in [6.07, 6.45) is 9.13. The van der Waals surface area contributed by atoms with E-state index in [-0.39, 0.29) is 5.03 Å². The molecule has 0 aliphatic heterocycles. The van der Waals surface area contributed by atoms with Gasteiger partial charge in [0.15, 0.2) is 5.03 Å². The summed E-state index contributed by atoms with van der Waals surface area (Å²) >= 11 is 0. The zero-order chi connectivity index (χ0) is 15.3. The predicted molar refractivity (Wildman–Crippen MR) is 78.9 cm³/mol. The lowest BCUT2D eigenvalue weighted by molar-refractivity contribution is 0.357. The molecule has 0 spiro atoms. The Kier molecular flexibility index (Phi) is 5.01. The van der Waals surface area contributed by atoms with E-state index in [1.54, 1.807) is 4.57 Å². The maximum absolute atomic E-state index is 12.5.